The van der Waals surface area contributed by atoms with Crippen molar-refractivity contribution in [1.29, 1.82) is 0 Å². The molecular weight excluding hydrogens is 376 g/mol. The van der Waals surface area contributed by atoms with Gasteiger partial charge in [-0.2, -0.15) is 4.72 Å². The van der Waals surface area contributed by atoms with Crippen molar-refractivity contribution >= 4 is 10.0 Å². The molecule has 0 fully saturated rings. The molecule has 0 saturated carbocycles. The van der Waals surface area contributed by atoms with Crippen LogP contribution in [0.2, 0.25) is 0 Å². The van der Waals surface area contributed by atoms with Gasteiger partial charge in [0.2, 0.25) is 10.0 Å². The Morgan fingerprint density at radius 3 is 2.29 bits per heavy atom. The van der Waals surface area contributed by atoms with E-state index in [9.17, 15) is 8.42 Å². The van der Waals surface area contributed by atoms with E-state index in [1.54, 1.807) is 37.6 Å². The van der Waals surface area contributed by atoms with Gasteiger partial charge in [-0.3, -0.25) is 4.98 Å². The maximum atomic E-state index is 13.0. The second kappa shape index (κ2) is 9.45. The Bertz CT molecular complexity index is 923. The zero-order chi connectivity index (χ0) is 19.8. The molecule has 0 aliphatic heterocycles. The van der Waals surface area contributed by atoms with Gasteiger partial charge >= 0.3 is 0 Å². The van der Waals surface area contributed by atoms with Gasteiger partial charge in [-0.05, 0) is 42.0 Å². The number of sulfonamides is 1. The summed E-state index contributed by atoms with van der Waals surface area (Å²) in [5, 5.41) is 0. The van der Waals surface area contributed by atoms with Gasteiger partial charge in [0, 0.05) is 13.3 Å². The second-order valence-electron chi connectivity index (χ2n) is 6.03. The monoisotopic (exact) mass is 398 g/mol. The number of pyridine rings is 1. The number of ether oxygens (including phenoxy) is 2. The van der Waals surface area contributed by atoms with Crippen LogP contribution in [-0.4, -0.2) is 33.7 Å². The van der Waals surface area contributed by atoms with Crippen LogP contribution in [0.25, 0.3) is 0 Å². The van der Waals surface area contributed by atoms with Gasteiger partial charge in [0.1, 0.15) is 12.4 Å². The molecule has 3 aromatic rings. The van der Waals surface area contributed by atoms with E-state index in [-0.39, 0.29) is 4.90 Å². The van der Waals surface area contributed by atoms with Crippen LogP contribution >= 0.6 is 0 Å². The van der Waals surface area contributed by atoms with Gasteiger partial charge in [0.05, 0.1) is 23.2 Å². The van der Waals surface area contributed by atoms with Gasteiger partial charge in [0.25, 0.3) is 0 Å². The number of aromatic nitrogens is 1. The quantitative estimate of drug-likeness (QED) is 0.560. The van der Waals surface area contributed by atoms with Crippen LogP contribution in [0.15, 0.2) is 83.9 Å². The lowest BCUT2D eigenvalue weighted by Gasteiger charge is -2.19. The molecule has 6 nitrogen and oxygen atoms in total. The molecule has 0 aliphatic carbocycles. The van der Waals surface area contributed by atoms with Crippen LogP contribution in [0.4, 0.5) is 0 Å². The Balaban J connectivity index is 1.83. The fourth-order valence-corrected chi connectivity index (χ4v) is 3.87. The predicted octanol–water partition coefficient (Wildman–Crippen LogP) is 3.17. The van der Waals surface area contributed by atoms with Gasteiger partial charge in [0.15, 0.2) is 0 Å². The fraction of sp³-hybridized carbons (Fsp3) is 0.190. The highest BCUT2D eigenvalue weighted by Crippen LogP contribution is 2.24. The highest BCUT2D eigenvalue weighted by molar-refractivity contribution is 7.89. The van der Waals surface area contributed by atoms with Crippen molar-refractivity contribution in [2.45, 2.75) is 10.9 Å². The molecule has 1 aromatic heterocycles. The van der Waals surface area contributed by atoms with Crippen LogP contribution in [0, 0.1) is 0 Å². The third kappa shape index (κ3) is 5.16. The molecule has 0 spiro atoms. The Kier molecular flexibility index (Phi) is 6.76. The molecule has 0 aliphatic rings. The first kappa shape index (κ1) is 20.0. The number of nitrogens with zero attached hydrogens (tertiary/aromatic N) is 1. The van der Waals surface area contributed by atoms with Crippen molar-refractivity contribution in [2.24, 2.45) is 0 Å². The lowest BCUT2D eigenvalue weighted by atomic mass is 10.0. The minimum absolute atomic E-state index is 0.156. The Hall–Kier alpha value is -2.74. The molecule has 0 saturated heterocycles. The van der Waals surface area contributed by atoms with Gasteiger partial charge < -0.3 is 9.47 Å². The molecule has 0 radical (unpaired) electrons. The third-order valence-corrected chi connectivity index (χ3v) is 5.52. The lowest BCUT2D eigenvalue weighted by Crippen LogP contribution is -2.30. The molecule has 3 rings (SSSR count). The summed E-state index contributed by atoms with van der Waals surface area (Å²) in [7, 11) is -2.18. The Morgan fingerprint density at radius 2 is 1.64 bits per heavy atom. The standard InChI is InChI=1S/C21H22N2O4S/c1-26-15-16-27-18-10-12-19(13-11-18)28(24,25)23-21(17-7-3-2-4-8-17)20-9-5-6-14-22-20/h2-14,21,23H,15-16H2,1H3. The number of hydrogen-bond acceptors (Lipinski definition) is 5. The Morgan fingerprint density at radius 1 is 0.929 bits per heavy atom. The lowest BCUT2D eigenvalue weighted by molar-refractivity contribution is 0.146. The van der Waals surface area contributed by atoms with Crippen molar-refractivity contribution in [1.82, 2.24) is 9.71 Å². The summed E-state index contributed by atoms with van der Waals surface area (Å²) in [6.45, 7) is 0.862. The van der Waals surface area contributed by atoms with Crippen LogP contribution < -0.4 is 9.46 Å². The number of hydrogen-bond donors (Lipinski definition) is 1. The van der Waals surface area contributed by atoms with Crippen LogP contribution in [0.3, 0.4) is 0 Å². The van der Waals surface area contributed by atoms with Crippen molar-refractivity contribution in [3.05, 3.63) is 90.3 Å². The summed E-state index contributed by atoms with van der Waals surface area (Å²) in [4.78, 5) is 4.49. The Labute approximate surface area is 165 Å². The normalized spacial score (nSPS) is 12.5. The summed E-state index contributed by atoms with van der Waals surface area (Å²) in [5.74, 6) is 0.584. The molecule has 2 aromatic carbocycles. The summed E-state index contributed by atoms with van der Waals surface area (Å²) in [6, 6.07) is 20.5. The summed E-state index contributed by atoms with van der Waals surface area (Å²) < 4.78 is 39.1. The summed E-state index contributed by atoms with van der Waals surface area (Å²) in [6.07, 6.45) is 1.64. The average molecular weight is 398 g/mol. The summed E-state index contributed by atoms with van der Waals surface area (Å²) in [5.41, 5.74) is 1.43. The van der Waals surface area contributed by atoms with Crippen molar-refractivity contribution in [3.63, 3.8) is 0 Å². The zero-order valence-corrected chi connectivity index (χ0v) is 16.3. The molecule has 28 heavy (non-hydrogen) atoms. The van der Waals surface area contributed by atoms with Gasteiger partial charge in [-0.1, -0.05) is 36.4 Å². The van der Waals surface area contributed by atoms with Crippen molar-refractivity contribution in [2.75, 3.05) is 20.3 Å². The van der Waals surface area contributed by atoms with E-state index in [2.05, 4.69) is 9.71 Å². The largest absolute Gasteiger partial charge is 0.491 e. The highest BCUT2D eigenvalue weighted by Gasteiger charge is 2.23. The molecule has 0 amide bonds. The number of nitrogens with one attached hydrogen (secondary N) is 1. The number of methoxy groups -OCH3 is 1. The van der Waals surface area contributed by atoms with E-state index in [4.69, 9.17) is 9.47 Å². The SMILES string of the molecule is COCCOc1ccc(S(=O)(=O)NC(c2ccccc2)c2ccccn2)cc1. The molecule has 1 N–H and O–H groups in total. The molecule has 7 heteroatoms. The molecular formula is C21H22N2O4S. The smallest absolute Gasteiger partial charge is 0.241 e. The average Bonchev–Trinajstić information content (AvgIpc) is 2.74. The molecule has 1 heterocycles. The van der Waals surface area contributed by atoms with Crippen molar-refractivity contribution in [3.8, 4) is 5.75 Å². The molecule has 1 unspecified atom stereocenters. The maximum absolute atomic E-state index is 13.0. The van der Waals surface area contributed by atoms with E-state index in [0.717, 1.165) is 5.56 Å². The fourth-order valence-electron chi connectivity index (χ4n) is 2.67. The first-order valence-corrected chi connectivity index (χ1v) is 10.3. The predicted molar refractivity (Wildman–Crippen MR) is 107 cm³/mol. The number of rotatable bonds is 9. The minimum Gasteiger partial charge on any atom is -0.491 e. The maximum Gasteiger partial charge on any atom is 0.241 e. The summed E-state index contributed by atoms with van der Waals surface area (Å²) >= 11 is 0. The molecule has 1 atom stereocenters. The van der Waals surface area contributed by atoms with Gasteiger partial charge in [-0.15, -0.1) is 0 Å². The first-order chi connectivity index (χ1) is 13.6. The van der Waals surface area contributed by atoms with Crippen LogP contribution in [0.5, 0.6) is 5.75 Å². The van der Waals surface area contributed by atoms with E-state index in [0.29, 0.717) is 24.7 Å². The first-order valence-electron chi connectivity index (χ1n) is 8.80. The minimum atomic E-state index is -3.77. The van der Waals surface area contributed by atoms with Crippen LogP contribution in [-0.2, 0) is 14.8 Å². The molecule has 0 bridgehead atoms. The molecule has 146 valence electrons. The number of benzene rings is 2. The third-order valence-electron chi connectivity index (χ3n) is 4.08. The highest BCUT2D eigenvalue weighted by atomic mass is 32.2. The van der Waals surface area contributed by atoms with Crippen LogP contribution in [0.1, 0.15) is 17.3 Å². The van der Waals surface area contributed by atoms with E-state index in [1.807, 2.05) is 36.4 Å². The van der Waals surface area contributed by atoms with Crippen molar-refractivity contribution < 1.29 is 17.9 Å². The van der Waals surface area contributed by atoms with E-state index >= 15 is 0 Å². The van der Waals surface area contributed by atoms with Gasteiger partial charge in [-0.25, -0.2) is 8.42 Å². The topological polar surface area (TPSA) is 77.5 Å². The zero-order valence-electron chi connectivity index (χ0n) is 15.5. The second-order valence-corrected chi connectivity index (χ2v) is 7.75. The van der Waals surface area contributed by atoms with E-state index < -0.39 is 16.1 Å². The van der Waals surface area contributed by atoms with E-state index in [1.165, 1.54) is 12.1 Å².